The quantitative estimate of drug-likeness (QED) is 0.667. The molecule has 17 heavy (non-hydrogen) atoms. The summed E-state index contributed by atoms with van der Waals surface area (Å²) in [6.07, 6.45) is 0. The van der Waals surface area contributed by atoms with Gasteiger partial charge in [-0.3, -0.25) is 0 Å². The Labute approximate surface area is 121 Å². The third-order valence-electron chi connectivity index (χ3n) is 2.20. The Morgan fingerprint density at radius 1 is 1.12 bits per heavy atom. The average molecular weight is 407 g/mol. The van der Waals surface area contributed by atoms with Crippen LogP contribution in [0.3, 0.4) is 0 Å². The zero-order chi connectivity index (χ0) is 12.3. The number of hydrogen-bond acceptors (Lipinski definition) is 1. The molecule has 0 fully saturated rings. The molecule has 0 unspecified atom stereocenters. The summed E-state index contributed by atoms with van der Waals surface area (Å²) in [4.78, 5) is 0. The smallest absolute Gasteiger partial charge is 0.133 e. The lowest BCUT2D eigenvalue weighted by atomic mass is 10.2. The summed E-state index contributed by atoms with van der Waals surface area (Å²) in [6, 6.07) is 12.1. The molecule has 0 aliphatic carbocycles. The van der Waals surface area contributed by atoms with Crippen molar-refractivity contribution < 1.29 is 9.13 Å². The van der Waals surface area contributed by atoms with Gasteiger partial charge in [-0.25, -0.2) is 4.39 Å². The average Bonchev–Trinajstić information content (AvgIpc) is 2.30. The summed E-state index contributed by atoms with van der Waals surface area (Å²) in [5.41, 5.74) is 0.949. The van der Waals surface area contributed by atoms with Gasteiger partial charge in [-0.1, -0.05) is 28.1 Å². The van der Waals surface area contributed by atoms with Gasteiger partial charge in [0.25, 0.3) is 0 Å². The van der Waals surface area contributed by atoms with Gasteiger partial charge in [0.05, 0.1) is 3.57 Å². The van der Waals surface area contributed by atoms with E-state index in [0.29, 0.717) is 6.61 Å². The first-order valence-corrected chi connectivity index (χ1v) is 6.84. The number of hydrogen-bond donors (Lipinski definition) is 0. The van der Waals surface area contributed by atoms with Gasteiger partial charge in [-0.05, 0) is 58.5 Å². The van der Waals surface area contributed by atoms with E-state index < -0.39 is 0 Å². The second-order valence-corrected chi connectivity index (χ2v) is 5.57. The van der Waals surface area contributed by atoms with Gasteiger partial charge in [-0.2, -0.15) is 0 Å². The molecule has 2 aromatic rings. The van der Waals surface area contributed by atoms with Crippen LogP contribution in [0.5, 0.6) is 5.75 Å². The summed E-state index contributed by atoms with van der Waals surface area (Å²) >= 11 is 5.62. The van der Waals surface area contributed by atoms with Gasteiger partial charge in [0.1, 0.15) is 18.2 Å². The lowest BCUT2D eigenvalue weighted by molar-refractivity contribution is 0.304. The molecule has 2 aromatic carbocycles. The minimum atomic E-state index is -0.230. The van der Waals surface area contributed by atoms with E-state index in [4.69, 9.17) is 4.74 Å². The lowest BCUT2D eigenvalue weighted by Crippen LogP contribution is -1.96. The first-order valence-electron chi connectivity index (χ1n) is 4.97. The Bertz CT molecular complexity index is 513. The Kier molecular flexibility index (Phi) is 4.39. The van der Waals surface area contributed by atoms with Gasteiger partial charge in [0.15, 0.2) is 0 Å². The number of halogens is 3. The van der Waals surface area contributed by atoms with E-state index >= 15 is 0 Å². The van der Waals surface area contributed by atoms with Gasteiger partial charge in [-0.15, -0.1) is 0 Å². The molecule has 0 atom stereocenters. The Morgan fingerprint density at radius 3 is 2.47 bits per heavy atom. The Morgan fingerprint density at radius 2 is 1.82 bits per heavy atom. The minimum absolute atomic E-state index is 0.230. The fourth-order valence-electron chi connectivity index (χ4n) is 1.33. The summed E-state index contributed by atoms with van der Waals surface area (Å²) in [5, 5.41) is 0. The molecule has 0 saturated carbocycles. The fraction of sp³-hybridized carbons (Fsp3) is 0.0769. The molecule has 0 N–H and O–H groups in total. The van der Waals surface area contributed by atoms with E-state index in [1.54, 1.807) is 12.1 Å². The van der Waals surface area contributed by atoms with Crippen LogP contribution in [0, 0.1) is 9.39 Å². The molecule has 0 aromatic heterocycles. The highest BCUT2D eigenvalue weighted by Gasteiger charge is 2.02. The van der Waals surface area contributed by atoms with Crippen molar-refractivity contribution in [3.8, 4) is 5.75 Å². The van der Waals surface area contributed by atoms with E-state index in [9.17, 15) is 4.39 Å². The Hall–Kier alpha value is -0.620. The van der Waals surface area contributed by atoms with Crippen LogP contribution >= 0.6 is 38.5 Å². The second-order valence-electron chi connectivity index (χ2n) is 3.49. The number of ether oxygens (including phenoxy) is 1. The van der Waals surface area contributed by atoms with E-state index in [1.807, 2.05) is 18.2 Å². The van der Waals surface area contributed by atoms with Crippen molar-refractivity contribution in [1.82, 2.24) is 0 Å². The van der Waals surface area contributed by atoms with Crippen LogP contribution in [0.1, 0.15) is 5.56 Å². The van der Waals surface area contributed by atoms with Crippen LogP contribution in [0.2, 0.25) is 0 Å². The summed E-state index contributed by atoms with van der Waals surface area (Å²) in [7, 11) is 0. The molecule has 0 aliphatic rings. The van der Waals surface area contributed by atoms with Crippen molar-refractivity contribution >= 4 is 38.5 Å². The third kappa shape index (κ3) is 3.67. The topological polar surface area (TPSA) is 9.23 Å². The molecular formula is C13H9BrFIO. The van der Waals surface area contributed by atoms with Crippen LogP contribution in [0.4, 0.5) is 4.39 Å². The normalized spacial score (nSPS) is 10.3. The van der Waals surface area contributed by atoms with Crippen LogP contribution in [0.15, 0.2) is 46.9 Å². The van der Waals surface area contributed by atoms with Crippen molar-refractivity contribution in [2.24, 2.45) is 0 Å². The molecule has 0 bridgehead atoms. The van der Waals surface area contributed by atoms with E-state index in [-0.39, 0.29) is 5.82 Å². The van der Waals surface area contributed by atoms with Crippen molar-refractivity contribution in [3.05, 3.63) is 61.9 Å². The van der Waals surface area contributed by atoms with E-state index in [1.165, 1.54) is 12.1 Å². The maximum absolute atomic E-state index is 12.7. The number of benzene rings is 2. The van der Waals surface area contributed by atoms with Crippen LogP contribution in [0.25, 0.3) is 0 Å². The van der Waals surface area contributed by atoms with Crippen LogP contribution in [-0.2, 0) is 6.61 Å². The zero-order valence-electron chi connectivity index (χ0n) is 8.79. The first-order chi connectivity index (χ1) is 8.15. The van der Waals surface area contributed by atoms with Crippen molar-refractivity contribution in [1.29, 1.82) is 0 Å². The molecule has 0 heterocycles. The molecule has 2 rings (SSSR count). The monoisotopic (exact) mass is 406 g/mol. The van der Waals surface area contributed by atoms with Crippen LogP contribution in [-0.4, -0.2) is 0 Å². The zero-order valence-corrected chi connectivity index (χ0v) is 12.5. The molecule has 1 nitrogen and oxygen atoms in total. The van der Waals surface area contributed by atoms with Gasteiger partial charge in [0.2, 0.25) is 0 Å². The predicted molar refractivity (Wildman–Crippen MR) is 77.6 cm³/mol. The largest absolute Gasteiger partial charge is 0.488 e. The van der Waals surface area contributed by atoms with Crippen molar-refractivity contribution in [3.63, 3.8) is 0 Å². The second kappa shape index (κ2) is 5.82. The van der Waals surface area contributed by atoms with E-state index in [0.717, 1.165) is 19.4 Å². The maximum atomic E-state index is 12.7. The SMILES string of the molecule is Fc1ccc(COc2ccc(Br)cc2I)cc1. The minimum Gasteiger partial charge on any atom is -0.488 e. The Balaban J connectivity index is 2.04. The summed E-state index contributed by atoms with van der Waals surface area (Å²) in [5.74, 6) is 0.602. The first kappa shape index (κ1) is 12.8. The van der Waals surface area contributed by atoms with Crippen molar-refractivity contribution in [2.45, 2.75) is 6.61 Å². The molecule has 0 saturated heterocycles. The van der Waals surface area contributed by atoms with Gasteiger partial charge >= 0.3 is 0 Å². The highest BCUT2D eigenvalue weighted by Crippen LogP contribution is 2.25. The molecule has 4 heteroatoms. The standard InChI is InChI=1S/C13H9BrFIO/c14-10-3-6-13(12(16)7-10)17-8-9-1-4-11(15)5-2-9/h1-7H,8H2. The maximum Gasteiger partial charge on any atom is 0.133 e. The molecule has 0 amide bonds. The third-order valence-corrected chi connectivity index (χ3v) is 3.54. The van der Waals surface area contributed by atoms with Crippen LogP contribution < -0.4 is 4.74 Å². The molecule has 0 radical (unpaired) electrons. The highest BCUT2D eigenvalue weighted by molar-refractivity contribution is 14.1. The molecule has 88 valence electrons. The summed E-state index contributed by atoms with van der Waals surface area (Å²) < 4.78 is 20.4. The molecular weight excluding hydrogens is 398 g/mol. The molecule has 0 aliphatic heterocycles. The molecule has 0 spiro atoms. The van der Waals surface area contributed by atoms with Gasteiger partial charge < -0.3 is 4.74 Å². The fourth-order valence-corrected chi connectivity index (χ4v) is 2.79. The number of rotatable bonds is 3. The van der Waals surface area contributed by atoms with E-state index in [2.05, 4.69) is 38.5 Å². The lowest BCUT2D eigenvalue weighted by Gasteiger charge is -2.08. The predicted octanol–water partition coefficient (Wildman–Crippen LogP) is 4.77. The van der Waals surface area contributed by atoms with Gasteiger partial charge in [0, 0.05) is 4.47 Å². The highest BCUT2D eigenvalue weighted by atomic mass is 127. The summed E-state index contributed by atoms with van der Waals surface area (Å²) in [6.45, 7) is 0.442. The van der Waals surface area contributed by atoms with Crippen molar-refractivity contribution in [2.75, 3.05) is 0 Å².